The molecular weight excluding hydrogens is 430 g/mol. The van der Waals surface area contributed by atoms with Crippen molar-refractivity contribution in [2.75, 3.05) is 13.7 Å². The summed E-state index contributed by atoms with van der Waals surface area (Å²) in [6.45, 7) is 0.632. The van der Waals surface area contributed by atoms with Gasteiger partial charge in [-0.2, -0.15) is 0 Å². The van der Waals surface area contributed by atoms with Gasteiger partial charge < -0.3 is 24.4 Å². The van der Waals surface area contributed by atoms with Crippen LogP contribution in [0.15, 0.2) is 41.8 Å². The predicted octanol–water partition coefficient (Wildman–Crippen LogP) is 4.48. The van der Waals surface area contributed by atoms with E-state index in [0.717, 1.165) is 37.2 Å². The molecule has 5 atom stereocenters. The van der Waals surface area contributed by atoms with Crippen LogP contribution in [0.1, 0.15) is 53.7 Å². The van der Waals surface area contributed by atoms with Crippen molar-refractivity contribution < 1.29 is 29.2 Å². The van der Waals surface area contributed by atoms with Gasteiger partial charge in [-0.05, 0) is 55.9 Å². The second kappa shape index (κ2) is 10.5. The maximum Gasteiger partial charge on any atom is 0.355 e. The lowest BCUT2D eigenvalue weighted by Gasteiger charge is -2.33. The molecule has 2 heterocycles. The predicted molar refractivity (Wildman–Crippen MR) is 120 cm³/mol. The second-order valence-corrected chi connectivity index (χ2v) is 9.14. The van der Waals surface area contributed by atoms with Crippen molar-refractivity contribution >= 4 is 17.3 Å². The van der Waals surface area contributed by atoms with Crippen LogP contribution in [0.5, 0.6) is 11.5 Å². The van der Waals surface area contributed by atoms with E-state index in [1.165, 1.54) is 11.3 Å². The molecule has 0 radical (unpaired) electrons. The van der Waals surface area contributed by atoms with Gasteiger partial charge in [-0.1, -0.05) is 12.2 Å². The van der Waals surface area contributed by atoms with E-state index < -0.39 is 12.1 Å². The summed E-state index contributed by atoms with van der Waals surface area (Å²) in [5, 5.41) is 21.9. The van der Waals surface area contributed by atoms with E-state index in [4.69, 9.17) is 19.3 Å². The fraction of sp³-hybridized carbons (Fsp3) is 0.500. The molecule has 0 spiro atoms. The molecule has 2 aliphatic rings. The number of unbranched alkanes of at least 4 members (excludes halogenated alkanes) is 1. The third kappa shape index (κ3) is 5.31. The van der Waals surface area contributed by atoms with Crippen molar-refractivity contribution in [2.45, 2.75) is 50.4 Å². The summed E-state index contributed by atoms with van der Waals surface area (Å²) in [5.74, 6) is 0.996. The third-order valence-electron chi connectivity index (χ3n) is 6.21. The number of aromatic carboxylic acids is 1. The highest BCUT2D eigenvalue weighted by molar-refractivity contribution is 7.09. The summed E-state index contributed by atoms with van der Waals surface area (Å²) in [6.07, 6.45) is 7.77. The van der Waals surface area contributed by atoms with Crippen molar-refractivity contribution in [2.24, 2.45) is 11.8 Å². The maximum atomic E-state index is 11.1. The van der Waals surface area contributed by atoms with Crippen LogP contribution in [-0.2, 0) is 4.74 Å². The van der Waals surface area contributed by atoms with E-state index in [9.17, 15) is 9.90 Å². The van der Waals surface area contributed by atoms with Gasteiger partial charge in [0.05, 0.1) is 25.9 Å². The van der Waals surface area contributed by atoms with Crippen molar-refractivity contribution in [1.82, 2.24) is 4.98 Å². The number of hydrogen-bond acceptors (Lipinski definition) is 7. The van der Waals surface area contributed by atoms with Crippen LogP contribution in [0.2, 0.25) is 0 Å². The molecule has 0 bridgehead atoms. The Bertz CT molecular complexity index is 927. The van der Waals surface area contributed by atoms with E-state index in [-0.39, 0.29) is 29.7 Å². The molecule has 172 valence electrons. The molecule has 2 aromatic rings. The van der Waals surface area contributed by atoms with Gasteiger partial charge in [0.2, 0.25) is 0 Å². The first-order chi connectivity index (χ1) is 15.5. The molecule has 0 unspecified atom stereocenters. The van der Waals surface area contributed by atoms with Gasteiger partial charge in [0.25, 0.3) is 0 Å². The third-order valence-corrected chi connectivity index (χ3v) is 7.15. The number of aromatic nitrogens is 1. The molecule has 7 nitrogen and oxygen atoms in total. The lowest BCUT2D eigenvalue weighted by Crippen LogP contribution is -2.29. The number of methoxy groups -OCH3 is 1. The lowest BCUT2D eigenvalue weighted by molar-refractivity contribution is -0.0767. The number of thiazole rings is 1. The van der Waals surface area contributed by atoms with Gasteiger partial charge in [0, 0.05) is 17.7 Å². The second-order valence-electron chi connectivity index (χ2n) is 8.26. The Kier molecular flexibility index (Phi) is 7.44. The van der Waals surface area contributed by atoms with Gasteiger partial charge in [0.15, 0.2) is 5.69 Å². The number of rotatable bonds is 9. The van der Waals surface area contributed by atoms with Crippen LogP contribution >= 0.6 is 11.3 Å². The van der Waals surface area contributed by atoms with Crippen molar-refractivity contribution in [3.63, 3.8) is 0 Å². The SMILES string of the molecule is COc1ccc(OCCC/C=C/[C@@H]2[C@H]3CC[C@H](c4nc(C(=O)O)cs4)O[C@H]3C[C@H]2O)cc1. The summed E-state index contributed by atoms with van der Waals surface area (Å²) < 4.78 is 17.1. The molecule has 1 aromatic heterocycles. The van der Waals surface area contributed by atoms with Gasteiger partial charge in [-0.3, -0.25) is 0 Å². The topological polar surface area (TPSA) is 98.1 Å². The molecule has 1 aliphatic heterocycles. The standard InChI is InChI=1S/C24H29NO6S/c1-29-15-6-8-16(9-7-15)30-12-4-2-3-5-17-18-10-11-21(31-22(18)13-20(17)26)23-25-19(14-32-23)24(27)28/h3,5-9,14,17-18,20-22,26H,2,4,10-13H2,1H3,(H,27,28)/b5-3+/t17-,18-,20-,21-,22+/m1/s1. The number of aliphatic hydroxyl groups excluding tert-OH is 1. The molecule has 2 fully saturated rings. The van der Waals surface area contributed by atoms with Gasteiger partial charge in [-0.25, -0.2) is 9.78 Å². The normalized spacial score (nSPS) is 27.4. The smallest absolute Gasteiger partial charge is 0.355 e. The van der Waals surface area contributed by atoms with E-state index in [1.54, 1.807) is 12.5 Å². The number of hydrogen-bond donors (Lipinski definition) is 2. The lowest BCUT2D eigenvalue weighted by atomic mass is 9.86. The van der Waals surface area contributed by atoms with E-state index in [0.29, 0.717) is 18.0 Å². The number of aliphatic hydroxyl groups is 1. The van der Waals surface area contributed by atoms with Gasteiger partial charge in [-0.15, -0.1) is 11.3 Å². The Labute approximate surface area is 191 Å². The summed E-state index contributed by atoms with van der Waals surface area (Å²) in [6, 6.07) is 7.55. The molecule has 32 heavy (non-hydrogen) atoms. The largest absolute Gasteiger partial charge is 0.497 e. The van der Waals surface area contributed by atoms with Crippen LogP contribution in [0.25, 0.3) is 0 Å². The molecule has 4 rings (SSSR count). The molecule has 2 N–H and O–H groups in total. The van der Waals surface area contributed by atoms with Crippen molar-refractivity contribution in [3.8, 4) is 11.5 Å². The minimum Gasteiger partial charge on any atom is -0.497 e. The van der Waals surface area contributed by atoms with Gasteiger partial charge in [0.1, 0.15) is 22.6 Å². The molecule has 1 aromatic carbocycles. The monoisotopic (exact) mass is 459 g/mol. The maximum absolute atomic E-state index is 11.1. The number of carboxylic acids is 1. The summed E-state index contributed by atoms with van der Waals surface area (Å²) in [4.78, 5) is 15.3. The van der Waals surface area contributed by atoms with E-state index >= 15 is 0 Å². The van der Waals surface area contributed by atoms with Crippen LogP contribution in [0, 0.1) is 11.8 Å². The molecule has 1 saturated carbocycles. The number of carboxylic acid groups (broad SMARTS) is 1. The Hall–Kier alpha value is -2.42. The average molecular weight is 460 g/mol. The van der Waals surface area contributed by atoms with Crippen molar-refractivity contribution in [3.05, 3.63) is 52.5 Å². The quantitative estimate of drug-likeness (QED) is 0.421. The summed E-state index contributed by atoms with van der Waals surface area (Å²) in [5.41, 5.74) is 0.0685. The van der Waals surface area contributed by atoms with Gasteiger partial charge >= 0.3 is 5.97 Å². The zero-order chi connectivity index (χ0) is 22.5. The Balaban J connectivity index is 1.22. The zero-order valence-electron chi connectivity index (χ0n) is 18.1. The molecule has 8 heteroatoms. The number of benzene rings is 1. The molecular formula is C24H29NO6S. The first-order valence-corrected chi connectivity index (χ1v) is 11.9. The number of nitrogens with zero attached hydrogens (tertiary/aromatic N) is 1. The van der Waals surface area contributed by atoms with Crippen LogP contribution < -0.4 is 9.47 Å². The zero-order valence-corrected chi connectivity index (χ0v) is 18.9. The summed E-state index contributed by atoms with van der Waals surface area (Å²) >= 11 is 1.33. The minimum atomic E-state index is -1.02. The van der Waals surface area contributed by atoms with Crippen LogP contribution in [0.3, 0.4) is 0 Å². The minimum absolute atomic E-state index is 0.0195. The van der Waals surface area contributed by atoms with Crippen molar-refractivity contribution in [1.29, 1.82) is 0 Å². The van der Waals surface area contributed by atoms with E-state index in [1.807, 2.05) is 24.3 Å². The highest BCUT2D eigenvalue weighted by Crippen LogP contribution is 2.46. The molecule has 0 amide bonds. The first-order valence-electron chi connectivity index (χ1n) is 11.0. The van der Waals surface area contributed by atoms with Crippen LogP contribution in [0.4, 0.5) is 0 Å². The Morgan fingerprint density at radius 2 is 2.06 bits per heavy atom. The number of carbonyl (C=O) groups is 1. The Morgan fingerprint density at radius 1 is 1.28 bits per heavy atom. The Morgan fingerprint density at radius 3 is 2.78 bits per heavy atom. The van der Waals surface area contributed by atoms with Crippen LogP contribution in [-0.4, -0.2) is 47.1 Å². The number of fused-ring (bicyclic) bond motifs is 1. The molecule has 1 saturated heterocycles. The fourth-order valence-electron chi connectivity index (χ4n) is 4.56. The molecule has 1 aliphatic carbocycles. The number of allylic oxidation sites excluding steroid dienone is 1. The fourth-order valence-corrected chi connectivity index (χ4v) is 5.43. The first kappa shape index (κ1) is 22.8. The summed E-state index contributed by atoms with van der Waals surface area (Å²) in [7, 11) is 1.64. The average Bonchev–Trinajstić information content (AvgIpc) is 3.41. The van der Waals surface area contributed by atoms with E-state index in [2.05, 4.69) is 17.1 Å². The highest BCUT2D eigenvalue weighted by atomic mass is 32.1. The highest BCUT2D eigenvalue weighted by Gasteiger charge is 2.45. The number of ether oxygens (including phenoxy) is 3.